The molecule has 0 spiro atoms. The molecule has 10 aromatic rings. The van der Waals surface area contributed by atoms with E-state index in [-0.39, 0.29) is 5.41 Å². The van der Waals surface area contributed by atoms with E-state index in [2.05, 4.69) is 189 Å². The maximum atomic E-state index is 5.22. The lowest BCUT2D eigenvalue weighted by atomic mass is 9.74. The van der Waals surface area contributed by atoms with Crippen molar-refractivity contribution in [2.75, 3.05) is 0 Å². The Morgan fingerprint density at radius 2 is 0.895 bits per heavy atom. The van der Waals surface area contributed by atoms with E-state index >= 15 is 0 Å². The van der Waals surface area contributed by atoms with E-state index in [0.717, 1.165) is 33.6 Å². The van der Waals surface area contributed by atoms with Crippen molar-refractivity contribution >= 4 is 31.5 Å². The molecule has 0 amide bonds. The Morgan fingerprint density at radius 1 is 0.368 bits per heavy atom. The van der Waals surface area contributed by atoms with E-state index in [1.807, 2.05) is 29.5 Å². The van der Waals surface area contributed by atoms with Crippen LogP contribution in [0.4, 0.5) is 0 Å². The molecule has 0 unspecified atom stereocenters. The van der Waals surface area contributed by atoms with Crippen LogP contribution in [0.3, 0.4) is 0 Å². The van der Waals surface area contributed by atoms with Crippen LogP contribution in [-0.2, 0) is 5.41 Å². The Morgan fingerprint density at radius 3 is 1.61 bits per heavy atom. The first-order valence-corrected chi connectivity index (χ1v) is 20.3. The van der Waals surface area contributed by atoms with Crippen molar-refractivity contribution < 1.29 is 0 Å². The van der Waals surface area contributed by atoms with Crippen LogP contribution in [0, 0.1) is 0 Å². The van der Waals surface area contributed by atoms with Crippen molar-refractivity contribution in [3.8, 4) is 67.3 Å². The predicted octanol–water partition coefficient (Wildman–Crippen LogP) is 14.5. The lowest BCUT2D eigenvalue weighted by Crippen LogP contribution is -2.22. The van der Waals surface area contributed by atoms with E-state index in [4.69, 9.17) is 9.97 Å². The van der Waals surface area contributed by atoms with Crippen LogP contribution in [0.5, 0.6) is 0 Å². The van der Waals surface area contributed by atoms with Crippen LogP contribution in [0.2, 0.25) is 0 Å². The lowest BCUT2D eigenvalue weighted by Gasteiger charge is -2.28. The van der Waals surface area contributed by atoms with Crippen LogP contribution >= 0.6 is 11.3 Å². The SMILES string of the molecule is CC1(c2ccc(-c3ccc(-c4cc(-c5ccccc5-c5ccc6sc7ccccc7c6c5)nc(-c5ccccc5)n4)cc3)cc2)c2ccccc2-c2ccccc21. The molecule has 1 aliphatic carbocycles. The Labute approximate surface area is 336 Å². The van der Waals surface area contributed by atoms with Crippen LogP contribution in [0.1, 0.15) is 23.6 Å². The topological polar surface area (TPSA) is 25.8 Å². The van der Waals surface area contributed by atoms with Crippen molar-refractivity contribution in [3.63, 3.8) is 0 Å². The van der Waals surface area contributed by atoms with Gasteiger partial charge in [-0.05, 0) is 81.3 Å². The molecule has 11 rings (SSSR count). The normalized spacial score (nSPS) is 12.8. The van der Waals surface area contributed by atoms with Crippen molar-refractivity contribution in [1.29, 1.82) is 0 Å². The number of aromatic nitrogens is 2. The molecule has 0 radical (unpaired) electrons. The Hall–Kier alpha value is -6.94. The average molecular weight is 745 g/mol. The number of nitrogens with zero attached hydrogens (tertiary/aromatic N) is 2. The van der Waals surface area contributed by atoms with Crippen molar-refractivity contribution in [1.82, 2.24) is 9.97 Å². The summed E-state index contributed by atoms with van der Waals surface area (Å²) in [6.07, 6.45) is 0. The minimum Gasteiger partial charge on any atom is -0.228 e. The molecular formula is C54H36N2S. The van der Waals surface area contributed by atoms with E-state index in [0.29, 0.717) is 5.82 Å². The Balaban J connectivity index is 0.962. The van der Waals surface area contributed by atoms with Gasteiger partial charge >= 0.3 is 0 Å². The summed E-state index contributed by atoms with van der Waals surface area (Å²) in [5.41, 5.74) is 16.1. The fourth-order valence-electron chi connectivity index (χ4n) is 8.89. The highest BCUT2D eigenvalue weighted by Crippen LogP contribution is 2.52. The highest BCUT2D eigenvalue weighted by Gasteiger charge is 2.40. The standard InChI is InChI=1S/C54H36N2S/c1-54(47-20-10-7-16-42(47)43-17-8-11-21-48(43)54)40-30-27-36(28-31-40)35-23-25-37(26-24-35)49-34-50(56-53(55-49)38-13-3-2-4-14-38)44-18-6-5-15-41(44)39-29-32-52-46(33-39)45-19-9-12-22-51(45)57-52/h2-34H,1H3. The van der Waals surface area contributed by atoms with Crippen molar-refractivity contribution in [2.45, 2.75) is 12.3 Å². The lowest BCUT2D eigenvalue weighted by molar-refractivity contribution is 0.714. The number of rotatable bonds is 6. The molecule has 0 aliphatic heterocycles. The summed E-state index contributed by atoms with van der Waals surface area (Å²) in [7, 11) is 0. The molecule has 3 heteroatoms. The second kappa shape index (κ2) is 13.4. The van der Waals surface area contributed by atoms with Gasteiger partial charge in [-0.25, -0.2) is 9.97 Å². The zero-order chi connectivity index (χ0) is 37.9. The molecule has 8 aromatic carbocycles. The predicted molar refractivity (Wildman–Crippen MR) is 240 cm³/mol. The van der Waals surface area contributed by atoms with Gasteiger partial charge in [0.2, 0.25) is 0 Å². The molecule has 0 bridgehead atoms. The summed E-state index contributed by atoms with van der Waals surface area (Å²) >= 11 is 1.85. The second-order valence-electron chi connectivity index (χ2n) is 15.1. The highest BCUT2D eigenvalue weighted by molar-refractivity contribution is 7.25. The fraction of sp³-hybridized carbons (Fsp3) is 0.0370. The van der Waals surface area contributed by atoms with Crippen LogP contribution in [-0.4, -0.2) is 9.97 Å². The van der Waals surface area contributed by atoms with Crippen LogP contribution in [0.25, 0.3) is 87.5 Å². The van der Waals surface area contributed by atoms with Crippen molar-refractivity contribution in [3.05, 3.63) is 217 Å². The molecule has 0 saturated carbocycles. The van der Waals surface area contributed by atoms with E-state index in [1.54, 1.807) is 0 Å². The summed E-state index contributed by atoms with van der Waals surface area (Å²) < 4.78 is 2.61. The molecule has 2 heterocycles. The summed E-state index contributed by atoms with van der Waals surface area (Å²) in [6.45, 7) is 2.36. The van der Waals surface area contributed by atoms with E-state index in [1.165, 1.54) is 64.7 Å². The summed E-state index contributed by atoms with van der Waals surface area (Å²) in [6, 6.07) is 72.2. The number of benzene rings is 8. The van der Waals surface area contributed by atoms with Gasteiger partial charge in [0.05, 0.1) is 11.4 Å². The molecule has 0 N–H and O–H groups in total. The third-order valence-electron chi connectivity index (χ3n) is 11.8. The third-order valence-corrected chi connectivity index (χ3v) is 13.0. The smallest absolute Gasteiger partial charge is 0.160 e. The van der Waals surface area contributed by atoms with Gasteiger partial charge in [-0.15, -0.1) is 11.3 Å². The van der Waals surface area contributed by atoms with E-state index in [9.17, 15) is 0 Å². The molecule has 268 valence electrons. The summed E-state index contributed by atoms with van der Waals surface area (Å²) in [4.78, 5) is 10.4. The number of thiophene rings is 1. The third kappa shape index (κ3) is 5.54. The number of hydrogen-bond donors (Lipinski definition) is 0. The van der Waals surface area contributed by atoms with E-state index < -0.39 is 0 Å². The Bertz CT molecular complexity index is 3080. The molecule has 57 heavy (non-hydrogen) atoms. The molecular weight excluding hydrogens is 709 g/mol. The van der Waals surface area contributed by atoms with Gasteiger partial charge in [0, 0.05) is 42.3 Å². The van der Waals surface area contributed by atoms with Crippen molar-refractivity contribution in [2.24, 2.45) is 0 Å². The first-order valence-electron chi connectivity index (χ1n) is 19.5. The molecule has 1 aliphatic rings. The zero-order valence-electron chi connectivity index (χ0n) is 31.4. The highest BCUT2D eigenvalue weighted by atomic mass is 32.1. The molecule has 0 fully saturated rings. The van der Waals surface area contributed by atoms with Gasteiger partial charge in [0.1, 0.15) is 0 Å². The van der Waals surface area contributed by atoms with Gasteiger partial charge in [0.25, 0.3) is 0 Å². The number of hydrogen-bond acceptors (Lipinski definition) is 3. The maximum absolute atomic E-state index is 5.22. The zero-order valence-corrected chi connectivity index (χ0v) is 32.2. The van der Waals surface area contributed by atoms with Gasteiger partial charge in [-0.2, -0.15) is 0 Å². The van der Waals surface area contributed by atoms with Crippen LogP contribution in [0.15, 0.2) is 200 Å². The average Bonchev–Trinajstić information content (AvgIpc) is 3.79. The molecule has 2 nitrogen and oxygen atoms in total. The number of fused-ring (bicyclic) bond motifs is 6. The fourth-order valence-corrected chi connectivity index (χ4v) is 9.98. The van der Waals surface area contributed by atoms with Gasteiger partial charge in [0.15, 0.2) is 5.82 Å². The molecule has 0 saturated heterocycles. The van der Waals surface area contributed by atoms with Gasteiger partial charge in [-0.3, -0.25) is 0 Å². The Kier molecular flexibility index (Phi) is 7.84. The minimum atomic E-state index is -0.208. The summed E-state index contributed by atoms with van der Waals surface area (Å²) in [5.74, 6) is 0.709. The minimum absolute atomic E-state index is 0.208. The molecule has 2 aromatic heterocycles. The first-order chi connectivity index (χ1) is 28.1. The monoisotopic (exact) mass is 744 g/mol. The van der Waals surface area contributed by atoms with Gasteiger partial charge < -0.3 is 0 Å². The summed E-state index contributed by atoms with van der Waals surface area (Å²) in [5, 5.41) is 2.58. The second-order valence-corrected chi connectivity index (χ2v) is 16.1. The maximum Gasteiger partial charge on any atom is 0.160 e. The van der Waals surface area contributed by atoms with Gasteiger partial charge in [-0.1, -0.05) is 176 Å². The first kappa shape index (κ1) is 33.4. The largest absolute Gasteiger partial charge is 0.228 e. The quantitative estimate of drug-likeness (QED) is 0.169. The molecule has 0 atom stereocenters. The van der Waals surface area contributed by atoms with Crippen LogP contribution < -0.4 is 0 Å².